The number of aliphatic hydroxyl groups excluding tert-OH is 1. The van der Waals surface area contributed by atoms with Crippen molar-refractivity contribution < 1.29 is 18.3 Å². The standard InChI is InChI=1S/C9H12F3N3O/c1-5-2-6(13)8(14-3-5)15-4-7(16)9(10,11)12/h2-3,7,16H,4,13H2,1H3,(H,14,15). The summed E-state index contributed by atoms with van der Waals surface area (Å²) in [5.41, 5.74) is 6.58. The van der Waals surface area contributed by atoms with Crippen LogP contribution >= 0.6 is 0 Å². The number of rotatable bonds is 3. The van der Waals surface area contributed by atoms with Crippen molar-refractivity contribution in [1.82, 2.24) is 4.98 Å². The first-order valence-corrected chi connectivity index (χ1v) is 4.51. The minimum atomic E-state index is -4.65. The van der Waals surface area contributed by atoms with Crippen molar-refractivity contribution in [3.8, 4) is 0 Å². The van der Waals surface area contributed by atoms with E-state index in [9.17, 15) is 13.2 Å². The summed E-state index contributed by atoms with van der Waals surface area (Å²) < 4.78 is 35.9. The molecule has 1 atom stereocenters. The monoisotopic (exact) mass is 235 g/mol. The molecular formula is C9H12F3N3O. The van der Waals surface area contributed by atoms with Crippen molar-refractivity contribution in [2.45, 2.75) is 19.2 Å². The Morgan fingerprint density at radius 1 is 1.56 bits per heavy atom. The average molecular weight is 235 g/mol. The molecule has 0 aliphatic rings. The van der Waals surface area contributed by atoms with Gasteiger partial charge in [-0.15, -0.1) is 0 Å². The van der Waals surface area contributed by atoms with Gasteiger partial charge in [0.15, 0.2) is 6.10 Å². The molecule has 7 heteroatoms. The van der Waals surface area contributed by atoms with Crippen LogP contribution in [0.2, 0.25) is 0 Å². The maximum absolute atomic E-state index is 12.0. The summed E-state index contributed by atoms with van der Waals surface area (Å²) in [5, 5.41) is 11.1. The van der Waals surface area contributed by atoms with E-state index in [0.29, 0.717) is 0 Å². The number of nitrogens with zero attached hydrogens (tertiary/aromatic N) is 1. The van der Waals surface area contributed by atoms with Gasteiger partial charge in [-0.25, -0.2) is 4.98 Å². The number of nitrogens with two attached hydrogens (primary N) is 1. The zero-order valence-corrected chi connectivity index (χ0v) is 8.54. The third kappa shape index (κ3) is 3.27. The van der Waals surface area contributed by atoms with Gasteiger partial charge in [0.2, 0.25) is 0 Å². The van der Waals surface area contributed by atoms with Crippen molar-refractivity contribution in [1.29, 1.82) is 0 Å². The molecule has 4 nitrogen and oxygen atoms in total. The van der Waals surface area contributed by atoms with Crippen molar-refractivity contribution >= 4 is 11.5 Å². The van der Waals surface area contributed by atoms with Crippen LogP contribution in [-0.4, -0.2) is 28.9 Å². The second kappa shape index (κ2) is 4.56. The van der Waals surface area contributed by atoms with Gasteiger partial charge in [-0.05, 0) is 18.6 Å². The molecule has 1 aromatic rings. The number of hydrogen-bond donors (Lipinski definition) is 3. The molecular weight excluding hydrogens is 223 g/mol. The van der Waals surface area contributed by atoms with E-state index in [0.717, 1.165) is 5.56 Å². The Morgan fingerprint density at radius 3 is 2.69 bits per heavy atom. The van der Waals surface area contributed by atoms with E-state index in [-0.39, 0.29) is 11.5 Å². The first-order valence-electron chi connectivity index (χ1n) is 4.51. The van der Waals surface area contributed by atoms with Crippen LogP contribution in [0.1, 0.15) is 5.56 Å². The summed E-state index contributed by atoms with van der Waals surface area (Å²) in [4.78, 5) is 3.82. The molecule has 16 heavy (non-hydrogen) atoms. The predicted molar refractivity (Wildman–Crippen MR) is 53.9 cm³/mol. The first-order chi connectivity index (χ1) is 7.30. The number of nitrogen functional groups attached to an aromatic ring is 1. The molecule has 4 N–H and O–H groups in total. The molecule has 1 aromatic heterocycles. The highest BCUT2D eigenvalue weighted by Crippen LogP contribution is 2.21. The highest BCUT2D eigenvalue weighted by molar-refractivity contribution is 5.61. The summed E-state index contributed by atoms with van der Waals surface area (Å²) in [6, 6.07) is 1.58. The molecule has 0 radical (unpaired) electrons. The van der Waals surface area contributed by atoms with Gasteiger partial charge in [-0.2, -0.15) is 13.2 Å². The Morgan fingerprint density at radius 2 is 2.19 bits per heavy atom. The van der Waals surface area contributed by atoms with Gasteiger partial charge in [0.05, 0.1) is 12.2 Å². The minimum Gasteiger partial charge on any atom is -0.396 e. The van der Waals surface area contributed by atoms with E-state index in [1.165, 1.54) is 6.20 Å². The maximum atomic E-state index is 12.0. The molecule has 0 spiro atoms. The highest BCUT2D eigenvalue weighted by atomic mass is 19.4. The molecule has 1 heterocycles. The minimum absolute atomic E-state index is 0.133. The molecule has 0 saturated carbocycles. The third-order valence-electron chi connectivity index (χ3n) is 1.89. The largest absolute Gasteiger partial charge is 0.416 e. The second-order valence-electron chi connectivity index (χ2n) is 3.39. The Labute approximate surface area is 90.3 Å². The first kappa shape index (κ1) is 12.6. The van der Waals surface area contributed by atoms with Crippen LogP contribution in [0.4, 0.5) is 24.7 Å². The molecule has 0 amide bonds. The fourth-order valence-electron chi connectivity index (χ4n) is 1.05. The lowest BCUT2D eigenvalue weighted by Crippen LogP contribution is -2.35. The summed E-state index contributed by atoms with van der Waals surface area (Å²) in [7, 11) is 0. The Bertz CT molecular complexity index is 368. The molecule has 0 fully saturated rings. The van der Waals surface area contributed by atoms with Gasteiger partial charge in [0.1, 0.15) is 5.82 Å². The number of halogens is 3. The summed E-state index contributed by atoms with van der Waals surface area (Å²) >= 11 is 0. The number of anilines is 2. The highest BCUT2D eigenvalue weighted by Gasteiger charge is 2.37. The average Bonchev–Trinajstić information content (AvgIpc) is 2.14. The zero-order chi connectivity index (χ0) is 12.3. The number of alkyl halides is 3. The molecule has 0 aliphatic carbocycles. The molecule has 0 aromatic carbocycles. The number of aliphatic hydroxyl groups is 1. The van der Waals surface area contributed by atoms with Crippen molar-refractivity contribution in [2.24, 2.45) is 0 Å². The number of pyridine rings is 1. The van der Waals surface area contributed by atoms with Gasteiger partial charge in [-0.3, -0.25) is 0 Å². The Kier molecular flexibility index (Phi) is 3.58. The van der Waals surface area contributed by atoms with E-state index in [4.69, 9.17) is 10.8 Å². The zero-order valence-electron chi connectivity index (χ0n) is 8.54. The second-order valence-corrected chi connectivity index (χ2v) is 3.39. The fourth-order valence-corrected chi connectivity index (χ4v) is 1.05. The van der Waals surface area contributed by atoms with Crippen LogP contribution in [0, 0.1) is 6.92 Å². The molecule has 0 bridgehead atoms. The van der Waals surface area contributed by atoms with Crippen molar-refractivity contribution in [2.75, 3.05) is 17.6 Å². The van der Waals surface area contributed by atoms with Crippen LogP contribution in [0.5, 0.6) is 0 Å². The molecule has 0 saturated heterocycles. The van der Waals surface area contributed by atoms with Crippen LogP contribution < -0.4 is 11.1 Å². The Hall–Kier alpha value is -1.50. The number of hydrogen-bond acceptors (Lipinski definition) is 4. The fraction of sp³-hybridized carbons (Fsp3) is 0.444. The number of aryl methyl sites for hydroxylation is 1. The predicted octanol–water partition coefficient (Wildman–Crippen LogP) is 1.31. The summed E-state index contributed by atoms with van der Waals surface area (Å²) in [6.45, 7) is 1.08. The summed E-state index contributed by atoms with van der Waals surface area (Å²) in [6.07, 6.45) is -5.61. The molecule has 0 aliphatic heterocycles. The van der Waals surface area contributed by atoms with Crippen LogP contribution in [0.25, 0.3) is 0 Å². The maximum Gasteiger partial charge on any atom is 0.416 e. The molecule has 90 valence electrons. The smallest absolute Gasteiger partial charge is 0.396 e. The molecule has 1 rings (SSSR count). The Balaban J connectivity index is 2.62. The van der Waals surface area contributed by atoms with E-state index in [1.807, 2.05) is 0 Å². The van der Waals surface area contributed by atoms with Gasteiger partial charge < -0.3 is 16.2 Å². The van der Waals surface area contributed by atoms with Gasteiger partial charge in [-0.1, -0.05) is 0 Å². The van der Waals surface area contributed by atoms with Gasteiger partial charge >= 0.3 is 6.18 Å². The van der Waals surface area contributed by atoms with E-state index in [2.05, 4.69) is 10.3 Å². The lowest BCUT2D eigenvalue weighted by Gasteiger charge is -2.16. The summed E-state index contributed by atoms with van der Waals surface area (Å²) in [5.74, 6) is 0.133. The SMILES string of the molecule is Cc1cnc(NCC(O)C(F)(F)F)c(N)c1. The lowest BCUT2D eigenvalue weighted by molar-refractivity contribution is -0.198. The quantitative estimate of drug-likeness (QED) is 0.738. The third-order valence-corrected chi connectivity index (χ3v) is 1.89. The number of aromatic nitrogens is 1. The topological polar surface area (TPSA) is 71.2 Å². The van der Waals surface area contributed by atoms with Crippen molar-refractivity contribution in [3.63, 3.8) is 0 Å². The van der Waals surface area contributed by atoms with E-state index < -0.39 is 18.8 Å². The lowest BCUT2D eigenvalue weighted by atomic mass is 10.3. The van der Waals surface area contributed by atoms with E-state index in [1.54, 1.807) is 13.0 Å². The van der Waals surface area contributed by atoms with Crippen LogP contribution in [0.15, 0.2) is 12.3 Å². The molecule has 1 unspecified atom stereocenters. The van der Waals surface area contributed by atoms with E-state index >= 15 is 0 Å². The number of nitrogens with one attached hydrogen (secondary N) is 1. The van der Waals surface area contributed by atoms with Gasteiger partial charge in [0, 0.05) is 6.20 Å². The van der Waals surface area contributed by atoms with Gasteiger partial charge in [0.25, 0.3) is 0 Å². The van der Waals surface area contributed by atoms with Crippen LogP contribution in [0.3, 0.4) is 0 Å². The van der Waals surface area contributed by atoms with Crippen molar-refractivity contribution in [3.05, 3.63) is 17.8 Å². The van der Waals surface area contributed by atoms with Crippen LogP contribution in [-0.2, 0) is 0 Å². The normalized spacial score (nSPS) is 13.6.